The highest BCUT2D eigenvalue weighted by atomic mass is 32.2. The number of thioether (sulfide) groups is 1. The van der Waals surface area contributed by atoms with Gasteiger partial charge in [0.25, 0.3) is 0 Å². The van der Waals surface area contributed by atoms with E-state index in [2.05, 4.69) is 4.99 Å². The fourth-order valence-electron chi connectivity index (χ4n) is 2.31. The van der Waals surface area contributed by atoms with Crippen LogP contribution in [0.1, 0.15) is 0 Å². The number of carboxylic acids is 1. The number of carbonyl (C=O) groups excluding carboxylic acids is 1. The lowest BCUT2D eigenvalue weighted by Gasteiger charge is -2.47. The summed E-state index contributed by atoms with van der Waals surface area (Å²) in [7, 11) is 0. The Morgan fingerprint density at radius 1 is 1.43 bits per heavy atom. The third-order valence-electron chi connectivity index (χ3n) is 3.37. The molecule has 0 aromatic heterocycles. The lowest BCUT2D eigenvalue weighted by atomic mass is 10.0. The lowest BCUT2D eigenvalue weighted by molar-refractivity contribution is -0.147. The van der Waals surface area contributed by atoms with Gasteiger partial charge in [0.15, 0.2) is 0 Å². The first kappa shape index (κ1) is 13.8. The molecule has 0 aliphatic carbocycles. The Bertz CT molecular complexity index is 657. The lowest BCUT2D eigenvalue weighted by Crippen LogP contribution is -2.68. The highest BCUT2D eigenvalue weighted by molar-refractivity contribution is 8.00. The Labute approximate surface area is 125 Å². The van der Waals surface area contributed by atoms with E-state index in [1.54, 1.807) is 0 Å². The number of benzene rings is 1. The Morgan fingerprint density at radius 3 is 2.81 bits per heavy atom. The van der Waals surface area contributed by atoms with Crippen LogP contribution in [0.2, 0.25) is 0 Å². The molecule has 6 nitrogen and oxygen atoms in total. The summed E-state index contributed by atoms with van der Waals surface area (Å²) >= 11 is 1.46. The minimum atomic E-state index is -1.13. The van der Waals surface area contributed by atoms with Gasteiger partial charge in [-0.1, -0.05) is 18.2 Å². The molecule has 108 valence electrons. The molecule has 1 aromatic carbocycles. The van der Waals surface area contributed by atoms with Crippen molar-refractivity contribution in [2.75, 3.05) is 5.75 Å². The smallest absolute Gasteiger partial charge is 0.353 e. The Hall–Kier alpha value is -2.12. The average Bonchev–Trinajstić information content (AvgIpc) is 2.52. The van der Waals surface area contributed by atoms with Crippen LogP contribution in [0.25, 0.3) is 0 Å². The molecule has 0 bridgehead atoms. The van der Waals surface area contributed by atoms with Gasteiger partial charge in [-0.25, -0.2) is 4.79 Å². The number of β-lactam (4-membered cyclic amide) rings is 1. The van der Waals surface area contributed by atoms with Gasteiger partial charge in [-0.3, -0.25) is 14.7 Å². The highest BCUT2D eigenvalue weighted by Crippen LogP contribution is 2.39. The van der Waals surface area contributed by atoms with E-state index in [1.165, 1.54) is 22.9 Å². The average molecular weight is 303 g/mol. The number of rotatable bonds is 3. The van der Waals surface area contributed by atoms with E-state index in [-0.39, 0.29) is 17.0 Å². The van der Waals surface area contributed by atoms with Crippen molar-refractivity contribution in [2.24, 2.45) is 10.7 Å². The number of aliphatic carboxylic acids is 1. The molecular formula is C14H13N3O3S. The molecule has 1 fully saturated rings. The van der Waals surface area contributed by atoms with Crippen LogP contribution in [0.3, 0.4) is 0 Å². The fourth-order valence-corrected chi connectivity index (χ4v) is 3.55. The summed E-state index contributed by atoms with van der Waals surface area (Å²) in [5.74, 6) is -1.01. The predicted octanol–water partition coefficient (Wildman–Crippen LogP) is 0.970. The molecular weight excluding hydrogens is 290 g/mol. The van der Waals surface area contributed by atoms with Crippen molar-refractivity contribution >= 4 is 35.5 Å². The standard InChI is InChI=1S/C14H13N3O3S/c15-10-12(18)17-11(14(19)20)8(7-21-13(10)17)6-16-9-4-2-1-3-5-9/h1-6,10,13H,7,15H2,(H,19,20)/t10?,13-/m1/s1. The molecule has 3 rings (SSSR count). The molecule has 0 saturated carbocycles. The molecule has 2 heterocycles. The first-order valence-corrected chi connectivity index (χ1v) is 7.40. The maximum atomic E-state index is 11.8. The van der Waals surface area contributed by atoms with Crippen molar-refractivity contribution in [3.63, 3.8) is 0 Å². The molecule has 2 aliphatic heterocycles. The van der Waals surface area contributed by atoms with E-state index in [0.29, 0.717) is 11.3 Å². The molecule has 1 aromatic rings. The minimum Gasteiger partial charge on any atom is -0.477 e. The highest BCUT2D eigenvalue weighted by Gasteiger charge is 2.51. The van der Waals surface area contributed by atoms with Gasteiger partial charge in [0, 0.05) is 17.5 Å². The molecule has 0 radical (unpaired) electrons. The summed E-state index contributed by atoms with van der Waals surface area (Å²) in [6.45, 7) is 0. The Balaban J connectivity index is 1.93. The SMILES string of the molecule is NC1C(=O)N2C(C(=O)O)=C(C=Nc3ccccc3)CS[C@H]12. The third kappa shape index (κ3) is 2.34. The number of hydrogen-bond acceptors (Lipinski definition) is 5. The number of hydrogen-bond donors (Lipinski definition) is 2. The second-order valence-electron chi connectivity index (χ2n) is 4.71. The van der Waals surface area contributed by atoms with Crippen LogP contribution in [-0.4, -0.2) is 45.3 Å². The monoisotopic (exact) mass is 303 g/mol. The second-order valence-corrected chi connectivity index (χ2v) is 5.81. The summed E-state index contributed by atoms with van der Waals surface area (Å²) in [6.07, 6.45) is 1.51. The topological polar surface area (TPSA) is 96.0 Å². The Morgan fingerprint density at radius 2 is 2.14 bits per heavy atom. The number of nitrogens with two attached hydrogens (primary N) is 1. The molecule has 1 unspecified atom stereocenters. The summed E-state index contributed by atoms with van der Waals surface area (Å²) < 4.78 is 0. The van der Waals surface area contributed by atoms with E-state index < -0.39 is 12.0 Å². The van der Waals surface area contributed by atoms with Gasteiger partial charge in [0.1, 0.15) is 17.1 Å². The van der Waals surface area contributed by atoms with Gasteiger partial charge < -0.3 is 10.8 Å². The van der Waals surface area contributed by atoms with Gasteiger partial charge in [-0.15, -0.1) is 11.8 Å². The zero-order chi connectivity index (χ0) is 15.0. The fraction of sp³-hybridized carbons (Fsp3) is 0.214. The van der Waals surface area contributed by atoms with E-state index in [1.807, 2.05) is 30.3 Å². The third-order valence-corrected chi connectivity index (χ3v) is 4.69. The van der Waals surface area contributed by atoms with E-state index in [0.717, 1.165) is 5.69 Å². The Kier molecular flexibility index (Phi) is 3.52. The molecule has 21 heavy (non-hydrogen) atoms. The minimum absolute atomic E-state index is 0.00914. The van der Waals surface area contributed by atoms with Crippen LogP contribution in [0, 0.1) is 0 Å². The van der Waals surface area contributed by atoms with Crippen molar-refractivity contribution < 1.29 is 14.7 Å². The summed E-state index contributed by atoms with van der Waals surface area (Å²) in [6, 6.07) is 8.60. The van der Waals surface area contributed by atoms with E-state index in [9.17, 15) is 14.7 Å². The summed E-state index contributed by atoms with van der Waals surface area (Å²) in [5, 5.41) is 9.09. The predicted molar refractivity (Wildman–Crippen MR) is 80.3 cm³/mol. The van der Waals surface area contributed by atoms with Gasteiger partial charge in [-0.2, -0.15) is 0 Å². The molecule has 2 aliphatic rings. The zero-order valence-corrected chi connectivity index (χ0v) is 11.8. The van der Waals surface area contributed by atoms with Crippen LogP contribution in [0.4, 0.5) is 5.69 Å². The normalized spacial score (nSPS) is 25.0. The van der Waals surface area contributed by atoms with Crippen molar-refractivity contribution in [3.05, 3.63) is 41.6 Å². The maximum absolute atomic E-state index is 11.8. The van der Waals surface area contributed by atoms with Gasteiger partial charge >= 0.3 is 5.97 Å². The van der Waals surface area contributed by atoms with Crippen molar-refractivity contribution in [1.82, 2.24) is 4.90 Å². The number of para-hydroxylation sites is 1. The molecule has 1 amide bonds. The van der Waals surface area contributed by atoms with Gasteiger partial charge in [-0.05, 0) is 12.1 Å². The van der Waals surface area contributed by atoms with Gasteiger partial charge in [0.2, 0.25) is 5.91 Å². The summed E-state index contributed by atoms with van der Waals surface area (Å²) in [5.41, 5.74) is 6.93. The second kappa shape index (κ2) is 5.34. The van der Waals surface area contributed by atoms with Gasteiger partial charge in [0.05, 0.1) is 5.69 Å². The molecule has 7 heteroatoms. The molecule has 3 N–H and O–H groups in total. The van der Waals surface area contributed by atoms with Crippen LogP contribution >= 0.6 is 11.8 Å². The largest absolute Gasteiger partial charge is 0.477 e. The molecule has 1 saturated heterocycles. The van der Waals surface area contributed by atoms with Crippen molar-refractivity contribution in [1.29, 1.82) is 0 Å². The number of nitrogens with zero attached hydrogens (tertiary/aromatic N) is 2. The zero-order valence-electron chi connectivity index (χ0n) is 11.0. The maximum Gasteiger partial charge on any atom is 0.353 e. The van der Waals surface area contributed by atoms with Crippen LogP contribution in [-0.2, 0) is 9.59 Å². The number of amides is 1. The van der Waals surface area contributed by atoms with Crippen molar-refractivity contribution in [3.8, 4) is 0 Å². The molecule has 2 atom stereocenters. The first-order valence-electron chi connectivity index (χ1n) is 6.35. The summed E-state index contributed by atoms with van der Waals surface area (Å²) in [4.78, 5) is 28.7. The quantitative estimate of drug-likeness (QED) is 0.641. The van der Waals surface area contributed by atoms with E-state index in [4.69, 9.17) is 5.73 Å². The number of carbonyl (C=O) groups is 2. The number of carboxylic acid groups (broad SMARTS) is 1. The van der Waals surface area contributed by atoms with E-state index >= 15 is 0 Å². The van der Waals surface area contributed by atoms with Crippen LogP contribution in [0.5, 0.6) is 0 Å². The number of fused-ring (bicyclic) bond motifs is 1. The first-order chi connectivity index (χ1) is 10.1. The van der Waals surface area contributed by atoms with Crippen LogP contribution < -0.4 is 5.73 Å². The van der Waals surface area contributed by atoms with Crippen LogP contribution in [0.15, 0.2) is 46.6 Å². The van der Waals surface area contributed by atoms with Crippen molar-refractivity contribution in [2.45, 2.75) is 11.4 Å². The number of aliphatic imine (C=N–C) groups is 1. The molecule has 0 spiro atoms.